The minimum atomic E-state index is -1.79. The van der Waals surface area contributed by atoms with E-state index in [1.54, 1.807) is 0 Å². The van der Waals surface area contributed by atoms with Gasteiger partial charge in [-0.05, 0) is 32.2 Å². The monoisotopic (exact) mass is 246 g/mol. The molecule has 2 aliphatic heterocycles. The Labute approximate surface area is 101 Å². The third-order valence-electron chi connectivity index (χ3n) is 3.00. The Bertz CT molecular complexity index is 322. The summed E-state index contributed by atoms with van der Waals surface area (Å²) in [5.74, 6) is 4.39. The fraction of sp³-hybridized carbons (Fsp3) is 0.750. The molecule has 16 heavy (non-hydrogen) atoms. The van der Waals surface area contributed by atoms with Gasteiger partial charge >= 0.3 is 0 Å². The molecule has 1 unspecified atom stereocenters. The molecule has 1 atom stereocenters. The van der Waals surface area contributed by atoms with E-state index < -0.39 is 9.71 Å². The van der Waals surface area contributed by atoms with Crippen LogP contribution in [0.5, 0.6) is 0 Å². The zero-order chi connectivity index (χ0) is 11.5. The maximum Gasteiger partial charge on any atom is 0.0303 e. The molecule has 0 aromatic heterocycles. The summed E-state index contributed by atoms with van der Waals surface area (Å²) in [7, 11) is 2.16. The maximum absolute atomic E-state index is 11.1. The van der Waals surface area contributed by atoms with Gasteiger partial charge < -0.3 is 4.90 Å². The van der Waals surface area contributed by atoms with E-state index in [2.05, 4.69) is 24.4 Å². The highest BCUT2D eigenvalue weighted by molar-refractivity contribution is 7.98. The molecule has 0 aromatic carbocycles. The Hall–Kier alpha value is -0.480. The highest BCUT2D eigenvalue weighted by Gasteiger charge is 2.17. The second-order valence-corrected chi connectivity index (χ2v) is 6.85. The Kier molecular flexibility index (Phi) is 6.11. The molecule has 0 N–H and O–H groups in total. The normalized spacial score (nSPS) is 29.6. The molecule has 2 saturated heterocycles. The Morgan fingerprint density at radius 1 is 1.25 bits per heavy atom. The first-order valence-corrected chi connectivity index (χ1v) is 7.24. The van der Waals surface area contributed by atoms with Crippen molar-refractivity contribution in [3.05, 3.63) is 12.3 Å². The van der Waals surface area contributed by atoms with Gasteiger partial charge in [0.05, 0.1) is 0 Å². The van der Waals surface area contributed by atoms with Crippen molar-refractivity contribution in [1.29, 1.82) is 0 Å². The number of likely N-dealkylation sites (tertiary alicyclic amines) is 1. The molecule has 0 amide bonds. The molecule has 0 spiro atoms. The standard InChI is InChI=1S/C6H11N.C5H11NOS.CH4/c1-6-4-3-5-7(6)2;1-6-4-3-5-8(6,2)7;/h1,3-5H2,2H3;2-5H2,1H3;1H4. The maximum atomic E-state index is 11.1. The zero-order valence-electron chi connectivity index (χ0n) is 9.87. The lowest BCUT2D eigenvalue weighted by Gasteiger charge is -2.08. The smallest absolute Gasteiger partial charge is 0.0303 e. The van der Waals surface area contributed by atoms with Gasteiger partial charge in [0.2, 0.25) is 0 Å². The van der Waals surface area contributed by atoms with Gasteiger partial charge in [-0.25, -0.2) is 4.31 Å². The second-order valence-electron chi connectivity index (χ2n) is 4.27. The number of hydrogen-bond acceptors (Lipinski definition) is 2. The second kappa shape index (κ2) is 6.30. The van der Waals surface area contributed by atoms with E-state index in [1.165, 1.54) is 25.1 Å². The van der Waals surface area contributed by atoms with Crippen molar-refractivity contribution in [3.63, 3.8) is 0 Å². The first-order chi connectivity index (χ1) is 6.93. The topological polar surface area (TPSA) is 23.6 Å². The van der Waals surface area contributed by atoms with Gasteiger partial charge in [-0.3, -0.25) is 4.21 Å². The lowest BCUT2D eigenvalue weighted by Crippen LogP contribution is -2.19. The van der Waals surface area contributed by atoms with E-state index >= 15 is 0 Å². The van der Waals surface area contributed by atoms with Gasteiger partial charge in [-0.1, -0.05) is 14.0 Å². The summed E-state index contributed by atoms with van der Waals surface area (Å²) in [6.45, 7) is 6.02. The van der Waals surface area contributed by atoms with E-state index in [0.29, 0.717) is 0 Å². The van der Waals surface area contributed by atoms with Gasteiger partial charge in [-0.2, -0.15) is 0 Å². The summed E-state index contributed by atoms with van der Waals surface area (Å²) in [5, 5.41) is 0. The van der Waals surface area contributed by atoms with Gasteiger partial charge in [0.15, 0.2) is 0 Å². The van der Waals surface area contributed by atoms with Crippen LogP contribution in [-0.2, 0) is 9.71 Å². The third-order valence-corrected chi connectivity index (χ3v) is 5.25. The molecule has 2 aliphatic rings. The average Bonchev–Trinajstić information content (AvgIpc) is 2.64. The van der Waals surface area contributed by atoms with E-state index in [-0.39, 0.29) is 7.43 Å². The molecule has 0 saturated carbocycles. The van der Waals surface area contributed by atoms with Crippen molar-refractivity contribution in [3.8, 4) is 0 Å². The SMILES string of the molecule is C.C=C1CCCN1C.C=S1(=O)CCCN1C. The van der Waals surface area contributed by atoms with Crippen molar-refractivity contribution in [2.75, 3.05) is 32.9 Å². The van der Waals surface area contributed by atoms with Gasteiger partial charge in [0.25, 0.3) is 0 Å². The van der Waals surface area contributed by atoms with E-state index in [0.717, 1.165) is 18.7 Å². The van der Waals surface area contributed by atoms with Crippen LogP contribution in [0.1, 0.15) is 26.7 Å². The van der Waals surface area contributed by atoms with Crippen molar-refractivity contribution in [1.82, 2.24) is 9.21 Å². The van der Waals surface area contributed by atoms with Crippen LogP contribution >= 0.6 is 0 Å². The van der Waals surface area contributed by atoms with Crippen LogP contribution < -0.4 is 0 Å². The highest BCUT2D eigenvalue weighted by atomic mass is 32.2. The molecule has 2 heterocycles. The Morgan fingerprint density at radius 2 is 1.88 bits per heavy atom. The van der Waals surface area contributed by atoms with Gasteiger partial charge in [-0.15, -0.1) is 0 Å². The fourth-order valence-corrected chi connectivity index (χ4v) is 3.06. The molecular formula is C12H26N2OS. The van der Waals surface area contributed by atoms with Gasteiger partial charge in [0, 0.05) is 41.3 Å². The Morgan fingerprint density at radius 3 is 2.00 bits per heavy atom. The number of nitrogens with zero attached hydrogens (tertiary/aromatic N) is 2. The molecule has 4 heteroatoms. The molecule has 0 aliphatic carbocycles. The number of allylic oxidation sites excluding steroid dienone is 1. The number of rotatable bonds is 0. The summed E-state index contributed by atoms with van der Waals surface area (Å²) < 4.78 is 13.0. The molecule has 0 aromatic rings. The molecule has 0 radical (unpaired) electrons. The third kappa shape index (κ3) is 4.18. The first kappa shape index (κ1) is 15.5. The van der Waals surface area contributed by atoms with Crippen LogP contribution in [0.2, 0.25) is 0 Å². The molecule has 96 valence electrons. The van der Waals surface area contributed by atoms with E-state index in [4.69, 9.17) is 0 Å². The highest BCUT2D eigenvalue weighted by Crippen LogP contribution is 2.15. The van der Waals surface area contributed by atoms with E-state index in [1.807, 2.05) is 11.4 Å². The zero-order valence-corrected chi connectivity index (χ0v) is 10.7. The molecule has 3 nitrogen and oxygen atoms in total. The largest absolute Gasteiger partial charge is 0.378 e. The van der Waals surface area contributed by atoms with E-state index in [9.17, 15) is 4.21 Å². The van der Waals surface area contributed by atoms with Crippen LogP contribution in [0.25, 0.3) is 0 Å². The van der Waals surface area contributed by atoms with Crippen LogP contribution in [0, 0.1) is 0 Å². The summed E-state index contributed by atoms with van der Waals surface area (Å²) in [4.78, 5) is 2.21. The first-order valence-electron chi connectivity index (χ1n) is 5.38. The van der Waals surface area contributed by atoms with Crippen molar-refractivity contribution in [2.24, 2.45) is 0 Å². The predicted molar refractivity (Wildman–Crippen MR) is 75.1 cm³/mol. The fourth-order valence-electron chi connectivity index (χ4n) is 1.70. The minimum Gasteiger partial charge on any atom is -0.378 e. The lowest BCUT2D eigenvalue weighted by molar-refractivity contribution is 0.483. The van der Waals surface area contributed by atoms with Gasteiger partial charge in [0.1, 0.15) is 0 Å². The summed E-state index contributed by atoms with van der Waals surface area (Å²) in [6, 6.07) is 0. The predicted octanol–water partition coefficient (Wildman–Crippen LogP) is 1.82. The van der Waals surface area contributed by atoms with Crippen LogP contribution in [0.15, 0.2) is 12.3 Å². The average molecular weight is 246 g/mol. The number of hydrogen-bond donors (Lipinski definition) is 0. The summed E-state index contributed by atoms with van der Waals surface area (Å²) in [5.41, 5.74) is 1.29. The molecule has 2 fully saturated rings. The minimum absolute atomic E-state index is 0. The van der Waals surface area contributed by atoms with Crippen LogP contribution in [-0.4, -0.2) is 52.2 Å². The Balaban J connectivity index is 0.000000267. The summed E-state index contributed by atoms with van der Waals surface area (Å²) >= 11 is 0. The van der Waals surface area contributed by atoms with Crippen LogP contribution in [0.3, 0.4) is 0 Å². The van der Waals surface area contributed by atoms with Crippen LogP contribution in [0.4, 0.5) is 0 Å². The van der Waals surface area contributed by atoms with Crippen molar-refractivity contribution < 1.29 is 4.21 Å². The lowest BCUT2D eigenvalue weighted by atomic mass is 10.3. The molecule has 2 rings (SSSR count). The molecular weight excluding hydrogens is 220 g/mol. The summed E-state index contributed by atoms with van der Waals surface area (Å²) in [6.07, 6.45) is 3.55. The quantitative estimate of drug-likeness (QED) is 0.609. The molecule has 0 bridgehead atoms. The van der Waals surface area contributed by atoms with Crippen molar-refractivity contribution >= 4 is 15.6 Å². The van der Waals surface area contributed by atoms with Crippen molar-refractivity contribution in [2.45, 2.75) is 26.7 Å².